The van der Waals surface area contributed by atoms with E-state index in [0.717, 1.165) is 41.2 Å². The summed E-state index contributed by atoms with van der Waals surface area (Å²) < 4.78 is 20.8. The minimum Gasteiger partial charge on any atom is -0.497 e. The highest BCUT2D eigenvalue weighted by Gasteiger charge is 2.31. The van der Waals surface area contributed by atoms with Crippen molar-refractivity contribution in [2.45, 2.75) is 70.8 Å². The second kappa shape index (κ2) is 11.8. The van der Waals surface area contributed by atoms with Crippen LogP contribution in [0.4, 0.5) is 4.39 Å². The molecule has 2 fully saturated rings. The summed E-state index contributed by atoms with van der Waals surface area (Å²) in [4.78, 5) is 16.3. The van der Waals surface area contributed by atoms with Gasteiger partial charge < -0.3 is 4.74 Å². The number of halogens is 2. The van der Waals surface area contributed by atoms with Gasteiger partial charge in [-0.15, -0.1) is 12.4 Å². The molecule has 2 heterocycles. The minimum atomic E-state index is -0.338. The van der Waals surface area contributed by atoms with Gasteiger partial charge in [0.2, 0.25) is 0 Å². The quantitative estimate of drug-likeness (QED) is 0.350. The third-order valence-corrected chi connectivity index (χ3v) is 8.34. The molecule has 36 heavy (non-hydrogen) atoms. The lowest BCUT2D eigenvalue weighted by Crippen LogP contribution is -2.45. The molecule has 0 bridgehead atoms. The van der Waals surface area contributed by atoms with Crippen molar-refractivity contribution >= 4 is 29.2 Å². The standard InChI is InChI=1S/C30H37FN2O2.ClH/c1-21-26(17-19-32-18-7-6-10-28(32)22-8-4-3-5-9-22)27-20-25(35-2)15-16-29(27)33(21)30(34)23-11-13-24(31)14-12-23;/h11-16,20,22,28H,3-10,17-19H2,1-2H3;1H. The molecule has 1 aromatic heterocycles. The number of ether oxygens (including phenoxy) is 1. The molecule has 5 rings (SSSR count). The van der Waals surface area contributed by atoms with Crippen molar-refractivity contribution in [1.82, 2.24) is 9.47 Å². The normalized spacial score (nSPS) is 19.2. The summed E-state index contributed by atoms with van der Waals surface area (Å²) >= 11 is 0. The number of hydrogen-bond acceptors (Lipinski definition) is 3. The van der Waals surface area contributed by atoms with Crippen LogP contribution in [-0.4, -0.2) is 41.6 Å². The number of hydrogen-bond donors (Lipinski definition) is 0. The van der Waals surface area contributed by atoms with Gasteiger partial charge in [0.15, 0.2) is 0 Å². The third-order valence-electron chi connectivity index (χ3n) is 8.34. The fourth-order valence-electron chi connectivity index (χ4n) is 6.49. The summed E-state index contributed by atoms with van der Waals surface area (Å²) in [5.41, 5.74) is 3.55. The van der Waals surface area contributed by atoms with Gasteiger partial charge in [-0.05, 0) is 99.5 Å². The maximum absolute atomic E-state index is 13.5. The van der Waals surface area contributed by atoms with Crippen LogP contribution in [-0.2, 0) is 6.42 Å². The first-order valence-electron chi connectivity index (χ1n) is 13.3. The number of benzene rings is 2. The smallest absolute Gasteiger partial charge is 0.262 e. The maximum atomic E-state index is 13.5. The SMILES string of the molecule is COc1ccc2c(c1)c(CCN1CCCCC1C1CCCCC1)c(C)n2C(=O)c1ccc(F)cc1.Cl. The Balaban J connectivity index is 0.00000304. The summed E-state index contributed by atoms with van der Waals surface area (Å²) in [6.07, 6.45) is 11.8. The number of carbonyl (C=O) groups excluding carboxylic acids is 1. The molecule has 0 amide bonds. The first kappa shape index (κ1) is 26.7. The molecular formula is C30H38ClFN2O2. The van der Waals surface area contributed by atoms with Crippen LogP contribution in [0.1, 0.15) is 73.0 Å². The van der Waals surface area contributed by atoms with Crippen LogP contribution in [0.3, 0.4) is 0 Å². The largest absolute Gasteiger partial charge is 0.497 e. The summed E-state index contributed by atoms with van der Waals surface area (Å²) in [5.74, 6) is 1.17. The van der Waals surface area contributed by atoms with E-state index in [-0.39, 0.29) is 24.1 Å². The summed E-state index contributed by atoms with van der Waals surface area (Å²) in [6, 6.07) is 12.5. The van der Waals surface area contributed by atoms with E-state index in [1.165, 1.54) is 75.6 Å². The van der Waals surface area contributed by atoms with Crippen LogP contribution in [0.15, 0.2) is 42.5 Å². The predicted molar refractivity (Wildman–Crippen MR) is 146 cm³/mol. The van der Waals surface area contributed by atoms with E-state index in [2.05, 4.69) is 11.0 Å². The summed E-state index contributed by atoms with van der Waals surface area (Å²) in [6.45, 7) is 4.23. The van der Waals surface area contributed by atoms with Gasteiger partial charge in [-0.2, -0.15) is 0 Å². The predicted octanol–water partition coefficient (Wildman–Crippen LogP) is 7.19. The van der Waals surface area contributed by atoms with Crippen molar-refractivity contribution in [3.63, 3.8) is 0 Å². The van der Waals surface area contributed by atoms with E-state index in [1.54, 1.807) is 23.8 Å². The molecule has 0 N–H and O–H groups in total. The zero-order chi connectivity index (χ0) is 24.4. The van der Waals surface area contributed by atoms with Crippen molar-refractivity contribution in [2.24, 2.45) is 5.92 Å². The van der Waals surface area contributed by atoms with Crippen molar-refractivity contribution in [3.8, 4) is 5.75 Å². The lowest BCUT2D eigenvalue weighted by Gasteiger charge is -2.42. The van der Waals surface area contributed by atoms with E-state index < -0.39 is 0 Å². The van der Waals surface area contributed by atoms with Crippen LogP contribution in [0.25, 0.3) is 10.9 Å². The van der Waals surface area contributed by atoms with Crippen LogP contribution in [0.2, 0.25) is 0 Å². The van der Waals surface area contributed by atoms with Gasteiger partial charge in [0, 0.05) is 29.2 Å². The number of likely N-dealkylation sites (tertiary alicyclic amines) is 1. The number of methoxy groups -OCH3 is 1. The molecule has 0 spiro atoms. The van der Waals surface area contributed by atoms with Gasteiger partial charge >= 0.3 is 0 Å². The zero-order valence-electron chi connectivity index (χ0n) is 21.5. The topological polar surface area (TPSA) is 34.5 Å². The van der Waals surface area contributed by atoms with E-state index in [0.29, 0.717) is 11.6 Å². The molecule has 6 heteroatoms. The fourth-order valence-corrected chi connectivity index (χ4v) is 6.49. The van der Waals surface area contributed by atoms with Crippen molar-refractivity contribution < 1.29 is 13.9 Å². The molecular weight excluding hydrogens is 475 g/mol. The van der Waals surface area contributed by atoms with E-state index in [1.807, 2.05) is 19.1 Å². The van der Waals surface area contributed by atoms with Crippen LogP contribution in [0, 0.1) is 18.7 Å². The Bertz CT molecular complexity index is 1180. The Kier molecular flexibility index (Phi) is 8.74. The molecule has 3 aromatic rings. The number of nitrogens with zero attached hydrogens (tertiary/aromatic N) is 2. The van der Waals surface area contributed by atoms with Gasteiger partial charge in [0.25, 0.3) is 5.91 Å². The number of aromatic nitrogens is 1. The lowest BCUT2D eigenvalue weighted by atomic mass is 9.80. The molecule has 2 aromatic carbocycles. The Morgan fingerprint density at radius 1 is 1.00 bits per heavy atom. The Labute approximate surface area is 220 Å². The van der Waals surface area contributed by atoms with Gasteiger partial charge in [-0.3, -0.25) is 14.3 Å². The highest BCUT2D eigenvalue weighted by Crippen LogP contribution is 2.35. The minimum absolute atomic E-state index is 0. The molecule has 1 aliphatic carbocycles. The summed E-state index contributed by atoms with van der Waals surface area (Å²) in [5, 5.41) is 1.07. The van der Waals surface area contributed by atoms with E-state index >= 15 is 0 Å². The number of rotatable bonds is 6. The second-order valence-electron chi connectivity index (χ2n) is 10.3. The lowest BCUT2D eigenvalue weighted by molar-refractivity contribution is 0.0824. The van der Waals surface area contributed by atoms with Gasteiger partial charge in [-0.1, -0.05) is 25.7 Å². The average Bonchev–Trinajstić information content (AvgIpc) is 3.18. The highest BCUT2D eigenvalue weighted by molar-refractivity contribution is 6.04. The van der Waals surface area contributed by atoms with Crippen LogP contribution in [0.5, 0.6) is 5.75 Å². The summed E-state index contributed by atoms with van der Waals surface area (Å²) in [7, 11) is 1.68. The average molecular weight is 513 g/mol. The molecule has 1 saturated heterocycles. The molecule has 1 saturated carbocycles. The Hall–Kier alpha value is -2.37. The van der Waals surface area contributed by atoms with Gasteiger partial charge in [-0.25, -0.2) is 4.39 Å². The highest BCUT2D eigenvalue weighted by atomic mass is 35.5. The number of fused-ring (bicyclic) bond motifs is 1. The molecule has 194 valence electrons. The van der Waals surface area contributed by atoms with Crippen LogP contribution >= 0.6 is 12.4 Å². The number of piperidine rings is 1. The molecule has 0 radical (unpaired) electrons. The molecule has 1 unspecified atom stereocenters. The molecule has 1 atom stereocenters. The van der Waals surface area contributed by atoms with Crippen molar-refractivity contribution in [2.75, 3.05) is 20.2 Å². The van der Waals surface area contributed by atoms with Crippen molar-refractivity contribution in [1.29, 1.82) is 0 Å². The zero-order valence-corrected chi connectivity index (χ0v) is 22.3. The fraction of sp³-hybridized carbons (Fsp3) is 0.500. The third kappa shape index (κ3) is 5.33. The Morgan fingerprint density at radius 3 is 2.44 bits per heavy atom. The van der Waals surface area contributed by atoms with E-state index in [4.69, 9.17) is 4.74 Å². The first-order chi connectivity index (χ1) is 17.1. The molecule has 1 aliphatic heterocycles. The second-order valence-corrected chi connectivity index (χ2v) is 10.3. The van der Waals surface area contributed by atoms with Gasteiger partial charge in [0.05, 0.1) is 12.6 Å². The van der Waals surface area contributed by atoms with Crippen molar-refractivity contribution in [3.05, 3.63) is 65.1 Å². The van der Waals surface area contributed by atoms with E-state index in [9.17, 15) is 9.18 Å². The van der Waals surface area contributed by atoms with Crippen LogP contribution < -0.4 is 4.74 Å². The Morgan fingerprint density at radius 2 is 1.72 bits per heavy atom. The first-order valence-corrected chi connectivity index (χ1v) is 13.3. The number of carbonyl (C=O) groups is 1. The molecule has 4 nitrogen and oxygen atoms in total. The molecule has 2 aliphatic rings. The van der Waals surface area contributed by atoms with Gasteiger partial charge in [0.1, 0.15) is 11.6 Å². The maximum Gasteiger partial charge on any atom is 0.262 e. The monoisotopic (exact) mass is 512 g/mol.